The molecule has 3 nitrogen and oxygen atoms in total. The number of thiocarbonyl (C=S) groups is 1. The van der Waals surface area contributed by atoms with Crippen LogP contribution in [0.3, 0.4) is 0 Å². The maximum absolute atomic E-state index is 6.27. The lowest BCUT2D eigenvalue weighted by Gasteiger charge is -2.20. The van der Waals surface area contributed by atoms with Crippen molar-refractivity contribution >= 4 is 34.5 Å². The summed E-state index contributed by atoms with van der Waals surface area (Å²) in [5, 5.41) is 0.633. The number of nitrogens with zero attached hydrogens (tertiary/aromatic N) is 1. The van der Waals surface area contributed by atoms with Gasteiger partial charge >= 0.3 is 0 Å². The smallest absolute Gasteiger partial charge is 0.105 e. The van der Waals surface area contributed by atoms with Crippen LogP contribution in [0.1, 0.15) is 16.9 Å². The Kier molecular flexibility index (Phi) is 4.12. The molecule has 0 amide bonds. The van der Waals surface area contributed by atoms with Crippen molar-refractivity contribution in [2.45, 2.75) is 13.5 Å². The minimum atomic E-state index is 0.349. The molecule has 0 saturated carbocycles. The fourth-order valence-electron chi connectivity index (χ4n) is 1.89. The Morgan fingerprint density at radius 3 is 2.68 bits per heavy atom. The summed E-state index contributed by atoms with van der Waals surface area (Å²) in [7, 11) is 1.98. The van der Waals surface area contributed by atoms with Crippen LogP contribution in [0.4, 0.5) is 5.69 Å². The van der Waals surface area contributed by atoms with E-state index in [1.807, 2.05) is 32.2 Å². The van der Waals surface area contributed by atoms with Crippen molar-refractivity contribution in [2.75, 3.05) is 11.9 Å². The van der Waals surface area contributed by atoms with Crippen molar-refractivity contribution in [3.8, 4) is 0 Å². The monoisotopic (exact) mass is 294 g/mol. The standard InChI is InChI=1S/C14H15ClN2OS/c1-9-11(5-6-18-9)8-17(2)13-4-3-10(14(16)19)7-12(13)15/h3-7H,8H2,1-2H3,(H2,16,19). The minimum Gasteiger partial charge on any atom is -0.469 e. The van der Waals surface area contributed by atoms with Crippen LogP contribution in [-0.4, -0.2) is 12.0 Å². The maximum Gasteiger partial charge on any atom is 0.105 e. The number of halogens is 1. The third-order valence-corrected chi connectivity index (χ3v) is 3.56. The second kappa shape index (κ2) is 5.63. The molecule has 0 radical (unpaired) electrons. The molecule has 2 rings (SSSR count). The molecule has 0 fully saturated rings. The molecule has 1 heterocycles. The summed E-state index contributed by atoms with van der Waals surface area (Å²) in [6.07, 6.45) is 1.69. The first kappa shape index (κ1) is 13.9. The first-order chi connectivity index (χ1) is 8.99. The topological polar surface area (TPSA) is 42.4 Å². The highest BCUT2D eigenvalue weighted by atomic mass is 35.5. The maximum atomic E-state index is 6.27. The van der Waals surface area contributed by atoms with Gasteiger partial charge < -0.3 is 15.1 Å². The van der Waals surface area contributed by atoms with Crippen molar-refractivity contribution in [1.29, 1.82) is 0 Å². The predicted molar refractivity (Wildman–Crippen MR) is 82.9 cm³/mol. The molecular weight excluding hydrogens is 280 g/mol. The molecule has 0 unspecified atom stereocenters. The van der Waals surface area contributed by atoms with Gasteiger partial charge in [-0.25, -0.2) is 0 Å². The van der Waals surface area contributed by atoms with Crippen LogP contribution in [-0.2, 0) is 6.54 Å². The number of rotatable bonds is 4. The molecule has 0 bridgehead atoms. The van der Waals surface area contributed by atoms with Crippen LogP contribution in [0.15, 0.2) is 34.9 Å². The lowest BCUT2D eigenvalue weighted by Crippen LogP contribution is -2.17. The molecular formula is C14H15ClN2OS. The largest absolute Gasteiger partial charge is 0.469 e. The lowest BCUT2D eigenvalue weighted by molar-refractivity contribution is 0.529. The Labute approximate surface area is 123 Å². The molecule has 0 atom stereocenters. The minimum absolute atomic E-state index is 0.349. The number of nitrogens with two attached hydrogens (primary N) is 1. The van der Waals surface area contributed by atoms with E-state index in [2.05, 4.69) is 4.90 Å². The first-order valence-electron chi connectivity index (χ1n) is 5.82. The lowest BCUT2D eigenvalue weighted by atomic mass is 10.2. The van der Waals surface area contributed by atoms with E-state index in [4.69, 9.17) is 34.0 Å². The molecule has 1 aromatic carbocycles. The number of hydrogen-bond donors (Lipinski definition) is 1. The van der Waals surface area contributed by atoms with Gasteiger partial charge in [-0.1, -0.05) is 23.8 Å². The Bertz CT molecular complexity index is 609. The molecule has 0 saturated heterocycles. The van der Waals surface area contributed by atoms with Crippen molar-refractivity contribution in [3.63, 3.8) is 0 Å². The normalized spacial score (nSPS) is 10.5. The van der Waals surface area contributed by atoms with Crippen LogP contribution in [0, 0.1) is 6.92 Å². The zero-order valence-corrected chi connectivity index (χ0v) is 12.4. The predicted octanol–water partition coefficient (Wildman–Crippen LogP) is 3.51. The van der Waals surface area contributed by atoms with E-state index in [0.29, 0.717) is 10.0 Å². The molecule has 100 valence electrons. The van der Waals surface area contributed by atoms with Crippen molar-refractivity contribution in [3.05, 3.63) is 52.4 Å². The average molecular weight is 295 g/mol. The van der Waals surface area contributed by atoms with Crippen molar-refractivity contribution in [1.82, 2.24) is 0 Å². The van der Waals surface area contributed by atoms with Crippen molar-refractivity contribution < 1.29 is 4.42 Å². The third kappa shape index (κ3) is 3.08. The third-order valence-electron chi connectivity index (χ3n) is 3.02. The van der Waals surface area contributed by atoms with E-state index in [-0.39, 0.29) is 0 Å². The van der Waals surface area contributed by atoms with E-state index >= 15 is 0 Å². The molecule has 0 aliphatic heterocycles. The summed E-state index contributed by atoms with van der Waals surface area (Å²) >= 11 is 11.2. The van der Waals surface area contributed by atoms with Gasteiger partial charge in [0.1, 0.15) is 10.7 Å². The summed E-state index contributed by atoms with van der Waals surface area (Å²) in [5.74, 6) is 0.919. The van der Waals surface area contributed by atoms with Crippen LogP contribution < -0.4 is 10.6 Å². The van der Waals surface area contributed by atoms with Crippen LogP contribution in [0.5, 0.6) is 0 Å². The SMILES string of the molecule is Cc1occc1CN(C)c1ccc(C(N)=S)cc1Cl. The second-order valence-electron chi connectivity index (χ2n) is 4.39. The number of benzene rings is 1. The highest BCUT2D eigenvalue weighted by molar-refractivity contribution is 7.80. The second-order valence-corrected chi connectivity index (χ2v) is 5.24. The van der Waals surface area contributed by atoms with Gasteiger partial charge in [0, 0.05) is 24.7 Å². The van der Waals surface area contributed by atoms with Gasteiger partial charge in [0.15, 0.2) is 0 Å². The first-order valence-corrected chi connectivity index (χ1v) is 6.61. The summed E-state index contributed by atoms with van der Waals surface area (Å²) in [6, 6.07) is 7.55. The Morgan fingerprint density at radius 1 is 1.42 bits per heavy atom. The highest BCUT2D eigenvalue weighted by Gasteiger charge is 2.10. The van der Waals surface area contributed by atoms with Gasteiger partial charge in [0.2, 0.25) is 0 Å². The van der Waals surface area contributed by atoms with E-state index in [0.717, 1.165) is 29.1 Å². The van der Waals surface area contributed by atoms with E-state index in [1.54, 1.807) is 12.3 Å². The summed E-state index contributed by atoms with van der Waals surface area (Å²) in [5.41, 5.74) is 8.43. The molecule has 0 spiro atoms. The van der Waals surface area contributed by atoms with Crippen LogP contribution in [0.2, 0.25) is 5.02 Å². The summed E-state index contributed by atoms with van der Waals surface area (Å²) in [6.45, 7) is 2.68. The number of furan rings is 1. The van der Waals surface area contributed by atoms with Gasteiger partial charge in [0.05, 0.1) is 17.0 Å². The van der Waals surface area contributed by atoms with Gasteiger partial charge in [-0.15, -0.1) is 0 Å². The molecule has 5 heteroatoms. The molecule has 1 aromatic heterocycles. The number of anilines is 1. The van der Waals surface area contributed by atoms with Crippen molar-refractivity contribution in [2.24, 2.45) is 5.73 Å². The fourth-order valence-corrected chi connectivity index (χ4v) is 2.34. The van der Waals surface area contributed by atoms with Gasteiger partial charge in [-0.2, -0.15) is 0 Å². The van der Waals surface area contributed by atoms with Gasteiger partial charge in [-0.3, -0.25) is 0 Å². The molecule has 0 aliphatic carbocycles. The van der Waals surface area contributed by atoms with E-state index in [9.17, 15) is 0 Å². The fraction of sp³-hybridized carbons (Fsp3) is 0.214. The quantitative estimate of drug-likeness (QED) is 0.876. The Hall–Kier alpha value is -1.52. The highest BCUT2D eigenvalue weighted by Crippen LogP contribution is 2.27. The molecule has 2 aromatic rings. The average Bonchev–Trinajstić information content (AvgIpc) is 2.74. The van der Waals surface area contributed by atoms with E-state index in [1.165, 1.54) is 0 Å². The summed E-state index contributed by atoms with van der Waals surface area (Å²) < 4.78 is 5.29. The number of hydrogen-bond acceptors (Lipinski definition) is 3. The molecule has 19 heavy (non-hydrogen) atoms. The van der Waals surface area contributed by atoms with Crippen LogP contribution in [0.25, 0.3) is 0 Å². The Morgan fingerprint density at radius 2 is 2.16 bits per heavy atom. The molecule has 0 aliphatic rings. The Balaban J connectivity index is 2.22. The zero-order chi connectivity index (χ0) is 14.0. The molecule has 2 N–H and O–H groups in total. The number of aryl methyl sites for hydroxylation is 1. The van der Waals surface area contributed by atoms with E-state index < -0.39 is 0 Å². The van der Waals surface area contributed by atoms with Gasteiger partial charge in [0.25, 0.3) is 0 Å². The zero-order valence-electron chi connectivity index (χ0n) is 10.8. The van der Waals surface area contributed by atoms with Crippen LogP contribution >= 0.6 is 23.8 Å². The summed E-state index contributed by atoms with van der Waals surface area (Å²) in [4.78, 5) is 2.41. The van der Waals surface area contributed by atoms with Gasteiger partial charge in [-0.05, 0) is 31.2 Å².